The summed E-state index contributed by atoms with van der Waals surface area (Å²) in [7, 11) is 0. The maximum absolute atomic E-state index is 13.8. The number of nitrogens with zero attached hydrogens (tertiary/aromatic N) is 8. The smallest absolute Gasteiger partial charge is 0.290 e. The number of imidazole rings is 2. The van der Waals surface area contributed by atoms with Gasteiger partial charge in [0.05, 0.1) is 30.4 Å². The van der Waals surface area contributed by atoms with Gasteiger partial charge in [-0.2, -0.15) is 0 Å². The monoisotopic (exact) mass is 594 g/mol. The second-order valence-electron chi connectivity index (χ2n) is 10.9. The number of hydrogen-bond donors (Lipinski definition) is 1. The van der Waals surface area contributed by atoms with Crippen molar-refractivity contribution in [2.75, 3.05) is 13.1 Å². The highest BCUT2D eigenvalue weighted by Crippen LogP contribution is 2.40. The summed E-state index contributed by atoms with van der Waals surface area (Å²) in [6, 6.07) is 8.25. The van der Waals surface area contributed by atoms with Crippen molar-refractivity contribution in [1.82, 2.24) is 38.9 Å². The number of pyridine rings is 2. The molecule has 0 bridgehead atoms. The Balaban J connectivity index is 1.22. The molecule has 0 spiro atoms. The zero-order valence-corrected chi connectivity index (χ0v) is 24.7. The molecule has 0 saturated heterocycles. The van der Waals surface area contributed by atoms with E-state index in [0.29, 0.717) is 37.3 Å². The van der Waals surface area contributed by atoms with Crippen LogP contribution in [-0.4, -0.2) is 68.9 Å². The first-order valence-corrected chi connectivity index (χ1v) is 14.6. The Bertz CT molecular complexity index is 1680. The van der Waals surface area contributed by atoms with Crippen molar-refractivity contribution in [2.45, 2.75) is 51.9 Å². The molecular weight excluding hydrogens is 560 g/mol. The molecular formula is C32H34N8O4. The van der Waals surface area contributed by atoms with Crippen molar-refractivity contribution in [2.24, 2.45) is 0 Å². The molecule has 2 amide bonds. The van der Waals surface area contributed by atoms with E-state index < -0.39 is 11.9 Å². The number of carbonyl (C=O) groups excluding carboxylic acids is 2. The molecule has 226 valence electrons. The highest BCUT2D eigenvalue weighted by Gasteiger charge is 2.41. The van der Waals surface area contributed by atoms with Gasteiger partial charge in [-0.3, -0.25) is 14.6 Å². The zero-order valence-electron chi connectivity index (χ0n) is 24.7. The third kappa shape index (κ3) is 5.70. The predicted octanol–water partition coefficient (Wildman–Crippen LogP) is 4.00. The van der Waals surface area contributed by atoms with Crippen molar-refractivity contribution in [3.63, 3.8) is 0 Å². The Hall–Kier alpha value is -5.26. The molecule has 12 heteroatoms. The van der Waals surface area contributed by atoms with Crippen LogP contribution in [0, 0.1) is 0 Å². The minimum atomic E-state index is -0.549. The van der Waals surface area contributed by atoms with Crippen LogP contribution < -0.4 is 4.74 Å². The van der Waals surface area contributed by atoms with Crippen LogP contribution in [0.15, 0.2) is 103 Å². The zero-order chi connectivity index (χ0) is 30.6. The third-order valence-electron chi connectivity index (χ3n) is 8.10. The van der Waals surface area contributed by atoms with Crippen LogP contribution in [0.5, 0.6) is 5.88 Å². The average molecular weight is 595 g/mol. The number of hydrogen-bond acceptors (Lipinski definition) is 8. The van der Waals surface area contributed by atoms with Gasteiger partial charge in [0.2, 0.25) is 5.88 Å². The average Bonchev–Trinajstić information content (AvgIpc) is 3.83. The number of aliphatic hydroxyl groups excluding tert-OH is 1. The summed E-state index contributed by atoms with van der Waals surface area (Å²) in [4.78, 5) is 47.3. The molecule has 4 aromatic rings. The largest absolute Gasteiger partial charge is 0.503 e. The van der Waals surface area contributed by atoms with Gasteiger partial charge < -0.3 is 28.8 Å². The lowest BCUT2D eigenvalue weighted by Crippen LogP contribution is -2.32. The lowest BCUT2D eigenvalue weighted by molar-refractivity contribution is -0.130. The summed E-state index contributed by atoms with van der Waals surface area (Å²) in [5.41, 5.74) is 2.80. The Morgan fingerprint density at radius 2 is 1.39 bits per heavy atom. The summed E-state index contributed by atoms with van der Waals surface area (Å²) < 4.78 is 10.2. The first-order chi connectivity index (χ1) is 21.4. The highest BCUT2D eigenvalue weighted by atomic mass is 16.5. The van der Waals surface area contributed by atoms with E-state index in [0.717, 1.165) is 24.1 Å². The van der Waals surface area contributed by atoms with Gasteiger partial charge in [0, 0.05) is 80.6 Å². The van der Waals surface area contributed by atoms with Gasteiger partial charge >= 0.3 is 0 Å². The lowest BCUT2D eigenvalue weighted by Gasteiger charge is -2.26. The Morgan fingerprint density at radius 3 is 2.00 bits per heavy atom. The fourth-order valence-corrected chi connectivity index (χ4v) is 5.93. The molecule has 12 nitrogen and oxygen atoms in total. The van der Waals surface area contributed by atoms with Crippen molar-refractivity contribution in [3.8, 4) is 5.88 Å². The van der Waals surface area contributed by atoms with Crippen molar-refractivity contribution >= 4 is 11.8 Å². The van der Waals surface area contributed by atoms with E-state index in [9.17, 15) is 14.7 Å². The minimum absolute atomic E-state index is 0.215. The Morgan fingerprint density at radius 1 is 0.750 bits per heavy atom. The molecule has 6 heterocycles. The number of amides is 2. The van der Waals surface area contributed by atoms with Crippen LogP contribution in [-0.2, 0) is 22.7 Å². The third-order valence-corrected chi connectivity index (χ3v) is 8.10. The summed E-state index contributed by atoms with van der Waals surface area (Å²) >= 11 is 0. The molecule has 6 rings (SSSR count). The normalized spacial score (nSPS) is 18.7. The van der Waals surface area contributed by atoms with E-state index in [1.54, 1.807) is 67.5 Å². The molecule has 2 aliphatic rings. The SMILES string of the molecule is CC1=C(Oc2cccc(C3C(C)=C(O)C(=O)N3CCCn3ccnc3)n2)C(=O)N(CCCn2ccnc2)C1c1ccncc1. The summed E-state index contributed by atoms with van der Waals surface area (Å²) in [6.45, 7) is 5.98. The fraction of sp³-hybridized carbons (Fsp3) is 0.312. The standard InChI is InChI=1S/C32H34N8O4/c1-22-28(40(31(42)29(22)41)17-5-15-38-19-13-35-21-38)25-6-3-7-26(36-25)44-30-23(2)27(24-8-10-33-11-9-24)39(32(30)43)16-4-14-37-18-12-34-20-37/h3,6-13,18-21,27-28,41H,4-5,14-17H2,1-2H3. The number of carbonyl (C=O) groups is 2. The van der Waals surface area contributed by atoms with Gasteiger partial charge in [-0.05, 0) is 50.5 Å². The molecule has 0 radical (unpaired) electrons. The molecule has 2 atom stereocenters. The van der Waals surface area contributed by atoms with E-state index in [1.807, 2.05) is 45.5 Å². The molecule has 0 aromatic carbocycles. The van der Waals surface area contributed by atoms with Gasteiger partial charge in [0.25, 0.3) is 11.8 Å². The van der Waals surface area contributed by atoms with Crippen LogP contribution in [0.2, 0.25) is 0 Å². The maximum Gasteiger partial charge on any atom is 0.290 e. The maximum atomic E-state index is 13.8. The highest BCUT2D eigenvalue weighted by molar-refractivity contribution is 5.96. The molecule has 44 heavy (non-hydrogen) atoms. The molecule has 2 aliphatic heterocycles. The first kappa shape index (κ1) is 28.8. The van der Waals surface area contributed by atoms with Gasteiger partial charge in [-0.15, -0.1) is 0 Å². The van der Waals surface area contributed by atoms with Crippen LogP contribution >= 0.6 is 0 Å². The van der Waals surface area contributed by atoms with E-state index in [1.165, 1.54) is 0 Å². The van der Waals surface area contributed by atoms with E-state index in [4.69, 9.17) is 9.72 Å². The lowest BCUT2D eigenvalue weighted by atomic mass is 10.0. The summed E-state index contributed by atoms with van der Waals surface area (Å²) in [5.74, 6) is -0.435. The van der Waals surface area contributed by atoms with E-state index in [-0.39, 0.29) is 29.3 Å². The quantitative estimate of drug-likeness (QED) is 0.260. The predicted molar refractivity (Wildman–Crippen MR) is 160 cm³/mol. The van der Waals surface area contributed by atoms with Gasteiger partial charge in [0.15, 0.2) is 11.5 Å². The molecule has 1 N–H and O–H groups in total. The van der Waals surface area contributed by atoms with Crippen LogP contribution in [0.3, 0.4) is 0 Å². The number of aryl methyl sites for hydroxylation is 2. The number of aliphatic hydroxyl groups is 1. The van der Waals surface area contributed by atoms with Gasteiger partial charge in [0.1, 0.15) is 0 Å². The molecule has 0 fully saturated rings. The second kappa shape index (κ2) is 12.5. The van der Waals surface area contributed by atoms with Gasteiger partial charge in [-0.1, -0.05) is 6.07 Å². The van der Waals surface area contributed by atoms with E-state index in [2.05, 4.69) is 15.0 Å². The Labute approximate surface area is 255 Å². The molecule has 4 aromatic heterocycles. The fourth-order valence-electron chi connectivity index (χ4n) is 5.93. The second-order valence-corrected chi connectivity index (χ2v) is 10.9. The molecule has 2 unspecified atom stereocenters. The van der Waals surface area contributed by atoms with Crippen LogP contribution in [0.25, 0.3) is 0 Å². The van der Waals surface area contributed by atoms with Crippen molar-refractivity contribution in [3.05, 3.63) is 114 Å². The number of ether oxygens (including phenoxy) is 1. The minimum Gasteiger partial charge on any atom is -0.503 e. The summed E-state index contributed by atoms with van der Waals surface area (Å²) in [5, 5.41) is 10.6. The first-order valence-electron chi connectivity index (χ1n) is 14.6. The Kier molecular flexibility index (Phi) is 8.22. The summed E-state index contributed by atoms with van der Waals surface area (Å²) in [6.07, 6.45) is 15.6. The molecule has 0 aliphatic carbocycles. The number of rotatable bonds is 12. The van der Waals surface area contributed by atoms with E-state index >= 15 is 0 Å². The van der Waals surface area contributed by atoms with Crippen molar-refractivity contribution in [1.29, 1.82) is 0 Å². The van der Waals surface area contributed by atoms with Crippen molar-refractivity contribution < 1.29 is 19.4 Å². The molecule has 0 saturated carbocycles. The van der Waals surface area contributed by atoms with Crippen LogP contribution in [0.1, 0.15) is 50.0 Å². The number of aromatic nitrogens is 6. The van der Waals surface area contributed by atoms with Crippen LogP contribution in [0.4, 0.5) is 0 Å². The van der Waals surface area contributed by atoms with Gasteiger partial charge in [-0.25, -0.2) is 15.0 Å². The topological polar surface area (TPSA) is 132 Å².